The molecular formula is C16H24N4O2S2. The number of hydrogen-bond donors (Lipinski definition) is 3. The number of nitrogens with two attached hydrogens (primary N) is 1. The largest absolute Gasteiger partial charge is 0.355 e. The third-order valence-electron chi connectivity index (χ3n) is 3.83. The van der Waals surface area contributed by atoms with Gasteiger partial charge in [0.05, 0.1) is 16.4 Å². The van der Waals surface area contributed by atoms with E-state index in [2.05, 4.69) is 15.3 Å². The van der Waals surface area contributed by atoms with Gasteiger partial charge in [0.15, 0.2) is 0 Å². The molecule has 2 atom stereocenters. The lowest BCUT2D eigenvalue weighted by molar-refractivity contribution is -0.120. The monoisotopic (exact) mass is 368 g/mol. The molecule has 2 aromatic heterocycles. The highest BCUT2D eigenvalue weighted by Crippen LogP contribution is 2.26. The van der Waals surface area contributed by atoms with Crippen molar-refractivity contribution in [3.63, 3.8) is 0 Å². The molecule has 0 radical (unpaired) electrons. The number of aromatic nitrogens is 2. The summed E-state index contributed by atoms with van der Waals surface area (Å²) in [6.07, 6.45) is 0.756. The molecule has 0 fully saturated rings. The fourth-order valence-electron chi connectivity index (χ4n) is 2.21. The highest BCUT2D eigenvalue weighted by molar-refractivity contribution is 7.99. The first-order chi connectivity index (χ1) is 11.3. The third-order valence-corrected chi connectivity index (χ3v) is 6.08. The summed E-state index contributed by atoms with van der Waals surface area (Å²) < 4.78 is 0. The number of carbonyl (C=O) groups excluding carboxylic acids is 1. The van der Waals surface area contributed by atoms with E-state index < -0.39 is 0 Å². The zero-order valence-electron chi connectivity index (χ0n) is 14.4. The van der Waals surface area contributed by atoms with E-state index >= 15 is 0 Å². The van der Waals surface area contributed by atoms with Crippen molar-refractivity contribution >= 4 is 39.2 Å². The second kappa shape index (κ2) is 8.13. The predicted octanol–water partition coefficient (Wildman–Crippen LogP) is 2.08. The number of thioether (sulfide) groups is 1. The van der Waals surface area contributed by atoms with E-state index in [4.69, 9.17) is 5.73 Å². The Balaban J connectivity index is 1.98. The van der Waals surface area contributed by atoms with Crippen LogP contribution in [-0.2, 0) is 10.5 Å². The topological polar surface area (TPSA) is 101 Å². The van der Waals surface area contributed by atoms with Gasteiger partial charge in [0.1, 0.15) is 10.7 Å². The summed E-state index contributed by atoms with van der Waals surface area (Å²) in [6.45, 7) is 8.27. The van der Waals surface area contributed by atoms with Gasteiger partial charge >= 0.3 is 0 Å². The lowest BCUT2D eigenvalue weighted by Gasteiger charge is -2.12. The van der Waals surface area contributed by atoms with Crippen LogP contribution in [0.5, 0.6) is 0 Å². The molecule has 24 heavy (non-hydrogen) atoms. The number of H-pyrrole nitrogens is 1. The first-order valence-corrected chi connectivity index (χ1v) is 9.80. The first kappa shape index (κ1) is 19.0. The van der Waals surface area contributed by atoms with Crippen LogP contribution in [0.3, 0.4) is 0 Å². The molecular weight excluding hydrogens is 344 g/mol. The number of carbonyl (C=O) groups is 1. The summed E-state index contributed by atoms with van der Waals surface area (Å²) >= 11 is 2.98. The Labute approximate surface area is 149 Å². The van der Waals surface area contributed by atoms with Gasteiger partial charge in [-0.25, -0.2) is 4.98 Å². The van der Waals surface area contributed by atoms with Crippen LogP contribution >= 0.6 is 23.1 Å². The molecule has 2 heterocycles. The zero-order valence-corrected chi connectivity index (χ0v) is 16.1. The molecule has 6 nitrogen and oxygen atoms in total. The fraction of sp³-hybridized carbons (Fsp3) is 0.562. The summed E-state index contributed by atoms with van der Waals surface area (Å²) in [7, 11) is 0. The van der Waals surface area contributed by atoms with Crippen molar-refractivity contribution in [2.24, 2.45) is 5.73 Å². The molecule has 2 unspecified atom stereocenters. The molecule has 0 saturated carbocycles. The van der Waals surface area contributed by atoms with Crippen LogP contribution in [0.15, 0.2) is 4.79 Å². The minimum Gasteiger partial charge on any atom is -0.355 e. The molecule has 4 N–H and O–H groups in total. The SMILES string of the molecule is Cc1sc2nc(CSC(C)C(=O)NCCC(C)N)[nH]c(=O)c2c1C. The van der Waals surface area contributed by atoms with E-state index in [1.165, 1.54) is 23.1 Å². The quantitative estimate of drug-likeness (QED) is 0.694. The molecule has 0 aliphatic heterocycles. The highest BCUT2D eigenvalue weighted by Gasteiger charge is 2.16. The lowest BCUT2D eigenvalue weighted by atomic mass is 10.2. The number of aryl methyl sites for hydroxylation is 2. The van der Waals surface area contributed by atoms with Gasteiger partial charge in [-0.3, -0.25) is 9.59 Å². The lowest BCUT2D eigenvalue weighted by Crippen LogP contribution is -2.34. The summed E-state index contributed by atoms with van der Waals surface area (Å²) in [5.74, 6) is 1.07. The molecule has 1 amide bonds. The molecule has 132 valence electrons. The maximum atomic E-state index is 12.2. The van der Waals surface area contributed by atoms with Gasteiger partial charge in [-0.05, 0) is 39.7 Å². The van der Waals surface area contributed by atoms with Gasteiger partial charge < -0.3 is 16.0 Å². The number of nitrogens with one attached hydrogen (secondary N) is 2. The Kier molecular flexibility index (Phi) is 6.42. The molecule has 0 bridgehead atoms. The molecule has 0 aliphatic rings. The van der Waals surface area contributed by atoms with Crippen molar-refractivity contribution in [2.45, 2.75) is 51.2 Å². The van der Waals surface area contributed by atoms with Crippen LogP contribution in [-0.4, -0.2) is 33.7 Å². The normalized spacial score (nSPS) is 13.9. The van der Waals surface area contributed by atoms with Gasteiger partial charge in [0.25, 0.3) is 5.56 Å². The molecule has 8 heteroatoms. The van der Waals surface area contributed by atoms with Crippen molar-refractivity contribution < 1.29 is 4.79 Å². The minimum absolute atomic E-state index is 0.0214. The van der Waals surface area contributed by atoms with Crippen molar-refractivity contribution in [3.8, 4) is 0 Å². The molecule has 0 aromatic carbocycles. The van der Waals surface area contributed by atoms with Crippen LogP contribution in [0.4, 0.5) is 0 Å². The van der Waals surface area contributed by atoms with Gasteiger partial charge in [-0.1, -0.05) is 0 Å². The Hall–Kier alpha value is -1.38. The van der Waals surface area contributed by atoms with E-state index in [-0.39, 0.29) is 22.8 Å². The van der Waals surface area contributed by atoms with Crippen molar-refractivity contribution in [1.29, 1.82) is 0 Å². The second-order valence-electron chi connectivity index (χ2n) is 5.99. The van der Waals surface area contributed by atoms with Crippen LogP contribution in [0.25, 0.3) is 10.2 Å². The number of hydrogen-bond acceptors (Lipinski definition) is 6. The fourth-order valence-corrected chi connectivity index (χ4v) is 4.04. The van der Waals surface area contributed by atoms with Crippen molar-refractivity contribution in [3.05, 3.63) is 26.6 Å². The maximum Gasteiger partial charge on any atom is 0.259 e. The molecule has 0 aliphatic carbocycles. The summed E-state index contributed by atoms with van der Waals surface area (Å²) in [5, 5.41) is 3.33. The summed E-state index contributed by atoms with van der Waals surface area (Å²) in [6, 6.07) is 0.0759. The number of thiophene rings is 1. The van der Waals surface area contributed by atoms with Crippen LogP contribution in [0.2, 0.25) is 0 Å². The summed E-state index contributed by atoms with van der Waals surface area (Å²) in [4.78, 5) is 33.5. The maximum absolute atomic E-state index is 12.2. The van der Waals surface area contributed by atoms with E-state index in [1.807, 2.05) is 27.7 Å². The standard InChI is InChI=1S/C16H24N4O2S2/c1-8(17)5-6-18-14(21)11(4)23-7-12-19-15(22)13-9(2)10(3)24-16(13)20-12/h8,11H,5-7,17H2,1-4H3,(H,18,21)(H,19,20,22). The average molecular weight is 369 g/mol. The van der Waals surface area contributed by atoms with Gasteiger partial charge in [-0.2, -0.15) is 0 Å². The van der Waals surface area contributed by atoms with Crippen LogP contribution in [0, 0.1) is 13.8 Å². The molecule has 2 rings (SSSR count). The minimum atomic E-state index is -0.217. The van der Waals surface area contributed by atoms with Gasteiger partial charge in [-0.15, -0.1) is 23.1 Å². The second-order valence-corrected chi connectivity index (χ2v) is 8.52. The molecule has 2 aromatic rings. The number of nitrogens with zero attached hydrogens (tertiary/aromatic N) is 1. The van der Waals surface area contributed by atoms with Gasteiger partial charge in [0.2, 0.25) is 5.91 Å². The third kappa shape index (κ3) is 4.58. The van der Waals surface area contributed by atoms with E-state index in [0.29, 0.717) is 23.5 Å². The Bertz CT molecular complexity index is 782. The van der Waals surface area contributed by atoms with Gasteiger partial charge in [0, 0.05) is 17.5 Å². The Morgan fingerprint density at radius 2 is 2.12 bits per heavy atom. The number of rotatable bonds is 7. The Morgan fingerprint density at radius 1 is 1.42 bits per heavy atom. The van der Waals surface area contributed by atoms with Crippen LogP contribution < -0.4 is 16.6 Å². The smallest absolute Gasteiger partial charge is 0.259 e. The van der Waals surface area contributed by atoms with E-state index in [0.717, 1.165) is 21.7 Å². The van der Waals surface area contributed by atoms with Crippen molar-refractivity contribution in [2.75, 3.05) is 6.54 Å². The van der Waals surface area contributed by atoms with E-state index in [1.54, 1.807) is 0 Å². The zero-order chi connectivity index (χ0) is 17.9. The highest BCUT2D eigenvalue weighted by atomic mass is 32.2. The van der Waals surface area contributed by atoms with E-state index in [9.17, 15) is 9.59 Å². The molecule has 0 spiro atoms. The van der Waals surface area contributed by atoms with Crippen LogP contribution in [0.1, 0.15) is 36.5 Å². The number of amides is 1. The first-order valence-electron chi connectivity index (χ1n) is 7.93. The van der Waals surface area contributed by atoms with Crippen molar-refractivity contribution in [1.82, 2.24) is 15.3 Å². The Morgan fingerprint density at radius 3 is 2.79 bits per heavy atom. The average Bonchev–Trinajstić information content (AvgIpc) is 2.79. The number of fused-ring (bicyclic) bond motifs is 1. The summed E-state index contributed by atoms with van der Waals surface area (Å²) in [5.41, 5.74) is 6.55. The predicted molar refractivity (Wildman–Crippen MR) is 102 cm³/mol. The molecule has 0 saturated heterocycles. The number of aromatic amines is 1.